The zero-order valence-electron chi connectivity index (χ0n) is 18.0. The number of nitrogen functional groups attached to an aromatic ring is 1. The number of anilines is 1. The number of aliphatic hydroxyl groups excluding tert-OH is 2. The van der Waals surface area contributed by atoms with Gasteiger partial charge < -0.3 is 45.2 Å². The first kappa shape index (κ1) is 29.2. The van der Waals surface area contributed by atoms with Crippen molar-refractivity contribution in [3.05, 3.63) is 35.4 Å². The fraction of sp³-hybridized carbons (Fsp3) is 0.385. The van der Waals surface area contributed by atoms with Crippen LogP contribution in [0.3, 0.4) is 0 Å². The number of ether oxygens (including phenoxy) is 1. The van der Waals surface area contributed by atoms with E-state index in [2.05, 4.69) is 38.1 Å². The normalized spacial score (nSPS) is 25.2. The molecule has 0 spiro atoms. The highest BCUT2D eigenvalue weighted by Gasteiger charge is 2.47. The summed E-state index contributed by atoms with van der Waals surface area (Å²) >= 11 is 0. The molecule has 1 saturated heterocycles. The number of aromatic nitrogens is 6. The zero-order chi connectivity index (χ0) is 27.6. The summed E-state index contributed by atoms with van der Waals surface area (Å²) in [5.41, 5.74) is 4.50. The number of H-pyrrole nitrogens is 2. The molecule has 0 aromatic carbocycles. The van der Waals surface area contributed by atoms with Crippen LogP contribution in [0.1, 0.15) is 6.23 Å². The molecule has 6 atom stereocenters. The molecule has 0 amide bonds. The fourth-order valence-corrected chi connectivity index (χ4v) is 5.94. The number of aromatic amines is 2. The molecule has 4 rings (SSSR count). The largest absolute Gasteiger partial charge is 0.490 e. The quantitative estimate of drug-likeness (QED) is 0.129. The van der Waals surface area contributed by atoms with Gasteiger partial charge in [-0.2, -0.15) is 13.6 Å². The van der Waals surface area contributed by atoms with Crippen LogP contribution in [0.4, 0.5) is 5.95 Å². The molecule has 4 heterocycles. The Morgan fingerprint density at radius 1 is 1.11 bits per heavy atom. The fourth-order valence-electron chi connectivity index (χ4n) is 2.91. The highest BCUT2D eigenvalue weighted by molar-refractivity contribution is 7.66. The number of phosphoric ester groups is 1. The number of aliphatic hydroxyl groups is 2. The van der Waals surface area contributed by atoms with Gasteiger partial charge in [0.1, 0.15) is 18.3 Å². The van der Waals surface area contributed by atoms with Crippen molar-refractivity contribution in [3.63, 3.8) is 0 Å². The van der Waals surface area contributed by atoms with Crippen LogP contribution in [0, 0.1) is 0 Å². The maximum Gasteiger partial charge on any atom is 0.490 e. The molecule has 0 saturated carbocycles. The number of nitrogens with two attached hydrogens (primary N) is 1. The molecule has 2 unspecified atom stereocenters. The van der Waals surface area contributed by atoms with E-state index in [1.54, 1.807) is 18.7 Å². The van der Waals surface area contributed by atoms with Gasteiger partial charge in [0.25, 0.3) is 5.56 Å². The van der Waals surface area contributed by atoms with E-state index < -0.39 is 60.2 Å². The number of hydrogen-bond donors (Lipinski definition) is 9. The second-order valence-corrected chi connectivity index (χ2v) is 11.4. The number of hydrogen-bond acceptors (Lipinski definition) is 14. The summed E-state index contributed by atoms with van der Waals surface area (Å²) in [6.45, 7) is -1.01. The topological polar surface area (TPSA) is 328 Å². The molecule has 24 heteroatoms. The van der Waals surface area contributed by atoms with Crippen molar-refractivity contribution in [1.82, 2.24) is 29.5 Å². The van der Waals surface area contributed by atoms with E-state index in [9.17, 15) is 33.6 Å². The van der Waals surface area contributed by atoms with E-state index in [-0.39, 0.29) is 17.1 Å². The van der Waals surface area contributed by atoms with Crippen LogP contribution >= 0.6 is 23.5 Å². The second kappa shape index (κ2) is 11.2. The van der Waals surface area contributed by atoms with Gasteiger partial charge >= 0.3 is 23.5 Å². The van der Waals surface area contributed by atoms with Gasteiger partial charge in [0.15, 0.2) is 17.4 Å². The number of rotatable bonds is 8. The minimum Gasteiger partial charge on any atom is -0.387 e. The number of fused-ring (bicyclic) bond motifs is 1. The number of phosphoric acid groups is 3. The Morgan fingerprint density at radius 2 is 1.81 bits per heavy atom. The smallest absolute Gasteiger partial charge is 0.387 e. The van der Waals surface area contributed by atoms with Crippen molar-refractivity contribution in [3.8, 4) is 0 Å². The molecule has 10 N–H and O–H groups in total. The van der Waals surface area contributed by atoms with Gasteiger partial charge in [0, 0.05) is 12.4 Å². The van der Waals surface area contributed by atoms with E-state index in [1.165, 1.54) is 0 Å². The van der Waals surface area contributed by atoms with Crippen LogP contribution in [-0.2, 0) is 31.6 Å². The molecule has 0 aliphatic carbocycles. The Kier molecular flexibility index (Phi) is 8.82. The number of nitrogens with zero attached hydrogens (tertiary/aromatic N) is 4. The van der Waals surface area contributed by atoms with Gasteiger partial charge in [-0.3, -0.25) is 18.9 Å². The Morgan fingerprint density at radius 3 is 2.38 bits per heavy atom. The monoisotopic (exact) mass is 591 g/mol. The van der Waals surface area contributed by atoms with Crippen molar-refractivity contribution in [2.75, 3.05) is 12.3 Å². The lowest BCUT2D eigenvalue weighted by atomic mass is 10.1. The minimum atomic E-state index is -5.73. The van der Waals surface area contributed by atoms with Crippen LogP contribution < -0.4 is 11.3 Å². The van der Waals surface area contributed by atoms with Crippen molar-refractivity contribution in [2.45, 2.75) is 24.5 Å². The molecule has 1 fully saturated rings. The summed E-state index contributed by atoms with van der Waals surface area (Å²) in [7, 11) is -16.8. The molecule has 1 aliphatic rings. The third kappa shape index (κ3) is 7.82. The third-order valence-electron chi connectivity index (χ3n) is 4.29. The molecule has 0 radical (unpaired) electrons. The molecule has 0 bridgehead atoms. The maximum atomic E-state index is 11.9. The molecule has 1 aliphatic heterocycles. The van der Waals surface area contributed by atoms with Crippen molar-refractivity contribution < 1.29 is 61.4 Å². The second-order valence-electron chi connectivity index (χ2n) is 6.97. The predicted octanol–water partition coefficient (Wildman–Crippen LogP) is -1.93. The van der Waals surface area contributed by atoms with Crippen LogP contribution in [0.2, 0.25) is 0 Å². The molecule has 37 heavy (non-hydrogen) atoms. The van der Waals surface area contributed by atoms with Gasteiger partial charge in [-0.15, -0.1) is 0 Å². The Bertz CT molecular complexity index is 1390. The Labute approximate surface area is 204 Å². The van der Waals surface area contributed by atoms with E-state index in [0.717, 1.165) is 10.9 Å². The van der Waals surface area contributed by atoms with E-state index in [1.807, 2.05) is 0 Å². The van der Waals surface area contributed by atoms with Gasteiger partial charge in [0.05, 0.1) is 19.3 Å². The molecule has 3 aromatic rings. The lowest BCUT2D eigenvalue weighted by molar-refractivity contribution is -0.0503. The molecule has 206 valence electrons. The van der Waals surface area contributed by atoms with E-state index in [4.69, 9.17) is 25.2 Å². The average Bonchev–Trinajstić information content (AvgIpc) is 3.48. The summed E-state index contributed by atoms with van der Waals surface area (Å²) in [4.78, 5) is 63.7. The standard InChI is InChI=1S/C10H16N5O14P3.C3H4N2/c11-10-13-7-4(8(18)14-10)12-2-15(7)9-6(17)5(16)3(27-9)1-26-31(22,23)29-32(24,25)28-30(19,20)21;1-2-5-3-4-1/h2-3,5-6,9,16-17H,1H2,(H,22,23)(H,24,25)(H2,19,20,21)(H3,11,13,14,18);1-3H,(H,4,5)/t3-,5-,6-,9-;/m1./s1. The molecule has 3 aromatic heterocycles. The molecular formula is C13H20N7O14P3. The first-order chi connectivity index (χ1) is 17.1. The summed E-state index contributed by atoms with van der Waals surface area (Å²) in [5, 5.41) is 20.4. The highest BCUT2D eigenvalue weighted by atomic mass is 31.3. The van der Waals surface area contributed by atoms with E-state index in [0.29, 0.717) is 0 Å². The maximum absolute atomic E-state index is 11.9. The first-order valence-electron chi connectivity index (χ1n) is 9.53. The summed E-state index contributed by atoms with van der Waals surface area (Å²) < 4.78 is 51.6. The first-order valence-corrected chi connectivity index (χ1v) is 14.1. The van der Waals surface area contributed by atoms with E-state index >= 15 is 0 Å². The van der Waals surface area contributed by atoms with Crippen molar-refractivity contribution in [2.24, 2.45) is 0 Å². The Hall–Kier alpha value is -2.35. The summed E-state index contributed by atoms with van der Waals surface area (Å²) in [5.74, 6) is -0.276. The van der Waals surface area contributed by atoms with Crippen LogP contribution in [0.15, 0.2) is 29.8 Å². The van der Waals surface area contributed by atoms with Crippen LogP contribution in [-0.4, -0.2) is 84.2 Å². The van der Waals surface area contributed by atoms with Gasteiger partial charge in [-0.1, -0.05) is 0 Å². The van der Waals surface area contributed by atoms with Gasteiger partial charge in [-0.05, 0) is 0 Å². The van der Waals surface area contributed by atoms with Gasteiger partial charge in [-0.25, -0.2) is 23.7 Å². The lowest BCUT2D eigenvalue weighted by Gasteiger charge is -2.19. The number of nitrogens with one attached hydrogen (secondary N) is 2. The van der Waals surface area contributed by atoms with Gasteiger partial charge in [0.2, 0.25) is 5.95 Å². The SMILES string of the molecule is Nc1nc2c(ncn2[C@@H]2O[C@H](COP(=O)(O)OP(=O)(O)OP(=O)(O)O)[C@@H](O)[C@H]2O)c(=O)[nH]1.c1c[nH]cn1. The number of imidazole rings is 2. The highest BCUT2D eigenvalue weighted by Crippen LogP contribution is 2.66. The lowest BCUT2D eigenvalue weighted by Crippen LogP contribution is -2.33. The minimum absolute atomic E-state index is 0.115. The Balaban J connectivity index is 0.000000678. The third-order valence-corrected chi connectivity index (χ3v) is 8.09. The van der Waals surface area contributed by atoms with Crippen molar-refractivity contribution >= 4 is 40.6 Å². The predicted molar refractivity (Wildman–Crippen MR) is 117 cm³/mol. The molecular weight excluding hydrogens is 571 g/mol. The average molecular weight is 591 g/mol. The summed E-state index contributed by atoms with van der Waals surface area (Å²) in [6.07, 6.45) is -0.249. The van der Waals surface area contributed by atoms with Crippen molar-refractivity contribution in [1.29, 1.82) is 0 Å². The molecule has 21 nitrogen and oxygen atoms in total. The zero-order valence-corrected chi connectivity index (χ0v) is 20.7. The summed E-state index contributed by atoms with van der Waals surface area (Å²) in [6, 6.07) is 0. The van der Waals surface area contributed by atoms with Crippen LogP contribution in [0.25, 0.3) is 11.2 Å². The van der Waals surface area contributed by atoms with Crippen LogP contribution in [0.5, 0.6) is 0 Å².